The summed E-state index contributed by atoms with van der Waals surface area (Å²) in [6.07, 6.45) is 3.94. The molecule has 2 aromatic carbocycles. The van der Waals surface area contributed by atoms with E-state index < -0.39 is 11.9 Å². The predicted octanol–water partition coefficient (Wildman–Crippen LogP) is 3.78. The number of aromatic nitrogens is 4. The monoisotopic (exact) mass is 500 g/mol. The van der Waals surface area contributed by atoms with Gasteiger partial charge < -0.3 is 14.8 Å². The summed E-state index contributed by atoms with van der Waals surface area (Å²) in [4.78, 5) is 30.2. The number of furan rings is 1. The Morgan fingerprint density at radius 3 is 2.49 bits per heavy atom. The number of hydrogen-bond acceptors (Lipinski definition) is 7. The number of anilines is 1. The topological polar surface area (TPSA) is 126 Å². The maximum Gasteiger partial charge on any atom is 0.251 e. The van der Waals surface area contributed by atoms with Gasteiger partial charge in [0, 0.05) is 11.7 Å². The molecule has 0 bridgehead atoms. The average molecular weight is 501 g/mol. The summed E-state index contributed by atoms with van der Waals surface area (Å²) < 4.78 is 5.56. The highest BCUT2D eigenvalue weighted by Crippen LogP contribution is 2.30. The lowest BCUT2D eigenvalue weighted by Gasteiger charge is -2.32. The van der Waals surface area contributed by atoms with Crippen molar-refractivity contribution in [2.75, 3.05) is 4.90 Å². The predicted molar refractivity (Wildman–Crippen MR) is 135 cm³/mol. The third kappa shape index (κ3) is 5.53. The van der Waals surface area contributed by atoms with E-state index in [1.807, 2.05) is 25.1 Å². The van der Waals surface area contributed by atoms with E-state index in [0.717, 1.165) is 25.7 Å². The molecule has 1 aliphatic carbocycles. The van der Waals surface area contributed by atoms with Crippen molar-refractivity contribution in [2.45, 2.75) is 51.2 Å². The van der Waals surface area contributed by atoms with Gasteiger partial charge in [0.05, 0.1) is 0 Å². The molecule has 190 valence electrons. The first-order valence-corrected chi connectivity index (χ1v) is 12.3. The van der Waals surface area contributed by atoms with Crippen molar-refractivity contribution in [1.29, 1.82) is 0 Å². The largest absolute Gasteiger partial charge is 0.508 e. The van der Waals surface area contributed by atoms with E-state index in [4.69, 9.17) is 4.42 Å². The third-order valence-electron chi connectivity index (χ3n) is 6.41. The number of hydrogen-bond donors (Lipinski definition) is 2. The van der Waals surface area contributed by atoms with Gasteiger partial charge in [0.25, 0.3) is 5.91 Å². The molecule has 2 heterocycles. The Morgan fingerprint density at radius 2 is 1.81 bits per heavy atom. The van der Waals surface area contributed by atoms with Crippen molar-refractivity contribution in [3.05, 3.63) is 78.1 Å². The van der Waals surface area contributed by atoms with E-state index >= 15 is 0 Å². The first-order valence-electron chi connectivity index (χ1n) is 12.3. The van der Waals surface area contributed by atoms with E-state index in [-0.39, 0.29) is 30.1 Å². The second-order valence-corrected chi connectivity index (χ2v) is 9.14. The fraction of sp³-hybridized carbons (Fsp3) is 0.296. The Balaban J connectivity index is 1.48. The van der Waals surface area contributed by atoms with Crippen molar-refractivity contribution in [3.8, 4) is 17.3 Å². The number of benzene rings is 2. The zero-order valence-electron chi connectivity index (χ0n) is 20.4. The average Bonchev–Trinajstić information content (AvgIpc) is 3.66. The minimum Gasteiger partial charge on any atom is -0.508 e. The molecular formula is C27H28N6O4. The molecule has 4 aromatic rings. The quantitative estimate of drug-likeness (QED) is 0.377. The molecule has 10 heteroatoms. The van der Waals surface area contributed by atoms with Gasteiger partial charge in [-0.3, -0.25) is 14.5 Å². The van der Waals surface area contributed by atoms with Gasteiger partial charge in [-0.1, -0.05) is 43.2 Å². The number of para-hydroxylation sites is 1. The fourth-order valence-electron chi connectivity index (χ4n) is 4.61. The molecule has 1 aliphatic rings. The summed E-state index contributed by atoms with van der Waals surface area (Å²) in [6.45, 7) is 1.57. The lowest BCUT2D eigenvalue weighted by Crippen LogP contribution is -2.47. The number of nitrogens with zero attached hydrogens (tertiary/aromatic N) is 5. The molecule has 0 unspecified atom stereocenters. The highest BCUT2D eigenvalue weighted by molar-refractivity contribution is 6.01. The van der Waals surface area contributed by atoms with Crippen LogP contribution in [-0.4, -0.2) is 43.2 Å². The number of rotatable bonds is 8. The Labute approximate surface area is 213 Å². The fourth-order valence-corrected chi connectivity index (χ4v) is 4.61. The van der Waals surface area contributed by atoms with Gasteiger partial charge in [-0.25, -0.2) is 0 Å². The van der Waals surface area contributed by atoms with E-state index in [2.05, 4.69) is 20.7 Å². The molecule has 0 aliphatic heterocycles. The molecule has 2 N–H and O–H groups in total. The van der Waals surface area contributed by atoms with E-state index in [0.29, 0.717) is 22.8 Å². The zero-order chi connectivity index (χ0) is 25.8. The smallest absolute Gasteiger partial charge is 0.251 e. The van der Waals surface area contributed by atoms with Gasteiger partial charge in [-0.15, -0.1) is 10.2 Å². The minimum atomic E-state index is -0.966. The minimum absolute atomic E-state index is 0.0659. The number of amides is 2. The van der Waals surface area contributed by atoms with Gasteiger partial charge >= 0.3 is 0 Å². The molecular weight excluding hydrogens is 472 g/mol. The first kappa shape index (κ1) is 24.2. The van der Waals surface area contributed by atoms with Crippen LogP contribution in [0.1, 0.15) is 43.0 Å². The molecule has 2 aromatic heterocycles. The van der Waals surface area contributed by atoms with Crippen LogP contribution < -0.4 is 10.2 Å². The van der Waals surface area contributed by atoms with Crippen LogP contribution in [0.25, 0.3) is 11.6 Å². The number of nitrogens with one attached hydrogen (secondary N) is 1. The van der Waals surface area contributed by atoms with Crippen LogP contribution in [0, 0.1) is 6.92 Å². The summed E-state index contributed by atoms with van der Waals surface area (Å²) in [5.41, 5.74) is 1.12. The number of tetrazole rings is 1. The summed E-state index contributed by atoms with van der Waals surface area (Å²) in [5, 5.41) is 25.3. The molecule has 1 atom stereocenters. The van der Waals surface area contributed by atoms with Crippen molar-refractivity contribution in [1.82, 2.24) is 25.5 Å². The molecule has 37 heavy (non-hydrogen) atoms. The Hall–Kier alpha value is -4.47. The van der Waals surface area contributed by atoms with Crippen LogP contribution in [0.4, 0.5) is 5.69 Å². The van der Waals surface area contributed by atoms with Crippen molar-refractivity contribution in [3.63, 3.8) is 0 Å². The van der Waals surface area contributed by atoms with Crippen molar-refractivity contribution >= 4 is 17.5 Å². The molecule has 5 rings (SSSR count). The summed E-state index contributed by atoms with van der Waals surface area (Å²) in [5.74, 6) is 0.820. The molecule has 10 nitrogen and oxygen atoms in total. The van der Waals surface area contributed by atoms with Crippen molar-refractivity contribution < 1.29 is 19.1 Å². The van der Waals surface area contributed by atoms with Gasteiger partial charge in [0.1, 0.15) is 24.1 Å². The van der Waals surface area contributed by atoms with Crippen LogP contribution >= 0.6 is 0 Å². The number of carbonyl (C=O) groups is 2. The first-order chi connectivity index (χ1) is 18.0. The zero-order valence-corrected chi connectivity index (χ0v) is 20.4. The number of phenolic OH excluding ortho intramolecular Hbond substituents is 1. The summed E-state index contributed by atoms with van der Waals surface area (Å²) >= 11 is 0. The Kier molecular flexibility index (Phi) is 6.98. The second kappa shape index (κ2) is 10.7. The second-order valence-electron chi connectivity index (χ2n) is 9.14. The number of aromatic hydroxyl groups is 1. The third-order valence-corrected chi connectivity index (χ3v) is 6.41. The van der Waals surface area contributed by atoms with Crippen LogP contribution in [-0.2, 0) is 16.1 Å². The van der Waals surface area contributed by atoms with Gasteiger partial charge in [-0.05, 0) is 66.9 Å². The van der Waals surface area contributed by atoms with Crippen LogP contribution in [0.5, 0.6) is 5.75 Å². The highest BCUT2D eigenvalue weighted by Gasteiger charge is 2.34. The number of carbonyl (C=O) groups excluding carboxylic acids is 2. The van der Waals surface area contributed by atoms with Crippen LogP contribution in [0.15, 0.2) is 71.1 Å². The molecule has 0 spiro atoms. The normalized spacial score (nSPS) is 14.4. The molecule has 2 amide bonds. The van der Waals surface area contributed by atoms with E-state index in [9.17, 15) is 14.7 Å². The maximum absolute atomic E-state index is 13.8. The van der Waals surface area contributed by atoms with Gasteiger partial charge in [0.15, 0.2) is 5.76 Å². The van der Waals surface area contributed by atoms with Crippen molar-refractivity contribution in [2.24, 2.45) is 0 Å². The van der Waals surface area contributed by atoms with Crippen LogP contribution in [0.2, 0.25) is 0 Å². The number of aryl methyl sites for hydroxylation is 1. The lowest BCUT2D eigenvalue weighted by molar-refractivity contribution is -0.127. The Morgan fingerprint density at radius 1 is 1.08 bits per heavy atom. The molecule has 0 radical (unpaired) electrons. The summed E-state index contributed by atoms with van der Waals surface area (Å²) in [6, 6.07) is 18.0. The van der Waals surface area contributed by atoms with E-state index in [1.54, 1.807) is 36.4 Å². The molecule has 1 fully saturated rings. The van der Waals surface area contributed by atoms with Gasteiger partial charge in [-0.2, -0.15) is 4.80 Å². The standard InChI is InChI=1S/C27H28N6O4/c1-18-11-16-23(37-18)26-29-31-32(30-26)17-24(35)33(21-9-3-2-4-10-21)25(19-12-14-22(34)15-13-19)27(36)28-20-7-5-6-8-20/h2-4,9-16,20,25,34H,5-8,17H2,1H3,(H,28,36)/t25-/m0/s1. The Bertz CT molecular complexity index is 1360. The van der Waals surface area contributed by atoms with Gasteiger partial charge in [0.2, 0.25) is 11.7 Å². The molecule has 0 saturated heterocycles. The number of phenols is 1. The highest BCUT2D eigenvalue weighted by atomic mass is 16.3. The maximum atomic E-state index is 13.8. The SMILES string of the molecule is Cc1ccc(-c2nnn(CC(=O)N(c3ccccc3)[C@H](C(=O)NC3CCCC3)c3ccc(O)cc3)n2)o1. The van der Waals surface area contributed by atoms with Crippen LogP contribution in [0.3, 0.4) is 0 Å². The summed E-state index contributed by atoms with van der Waals surface area (Å²) in [7, 11) is 0. The molecule has 1 saturated carbocycles. The van der Waals surface area contributed by atoms with E-state index in [1.165, 1.54) is 21.8 Å². The lowest BCUT2D eigenvalue weighted by atomic mass is 10.0.